The SMILES string of the molecule is O=C(NCC[C@H](O)C1CC1)Nc1cccc(C(F)(F)F)c1. The highest BCUT2D eigenvalue weighted by atomic mass is 19.4. The Hall–Kier alpha value is -1.76. The number of benzene rings is 1. The van der Waals surface area contributed by atoms with Crippen LogP contribution < -0.4 is 10.6 Å². The Labute approximate surface area is 120 Å². The second-order valence-electron chi connectivity index (χ2n) is 5.15. The lowest BCUT2D eigenvalue weighted by Gasteiger charge is -2.12. The first-order chi connectivity index (χ1) is 9.86. The summed E-state index contributed by atoms with van der Waals surface area (Å²) in [5.41, 5.74) is -0.741. The van der Waals surface area contributed by atoms with Crippen molar-refractivity contribution >= 4 is 11.7 Å². The Balaban J connectivity index is 1.79. The van der Waals surface area contributed by atoms with Crippen LogP contribution in [0.1, 0.15) is 24.8 Å². The largest absolute Gasteiger partial charge is 0.416 e. The number of carbonyl (C=O) groups is 1. The van der Waals surface area contributed by atoms with Crippen LogP contribution in [-0.4, -0.2) is 23.8 Å². The quantitative estimate of drug-likeness (QED) is 0.783. The van der Waals surface area contributed by atoms with Crippen molar-refractivity contribution in [3.8, 4) is 0 Å². The van der Waals surface area contributed by atoms with Crippen LogP contribution >= 0.6 is 0 Å². The second kappa shape index (κ2) is 6.34. The van der Waals surface area contributed by atoms with Gasteiger partial charge < -0.3 is 15.7 Å². The summed E-state index contributed by atoms with van der Waals surface area (Å²) in [6.45, 7) is 0.280. The van der Waals surface area contributed by atoms with Crippen LogP contribution in [0.2, 0.25) is 0 Å². The minimum absolute atomic E-state index is 0.0741. The first-order valence-electron chi connectivity index (χ1n) is 6.76. The number of hydrogen-bond acceptors (Lipinski definition) is 2. The molecular weight excluding hydrogens is 285 g/mol. The molecule has 3 N–H and O–H groups in total. The van der Waals surface area contributed by atoms with E-state index in [2.05, 4.69) is 10.6 Å². The fourth-order valence-electron chi connectivity index (χ4n) is 2.00. The van der Waals surface area contributed by atoms with Crippen molar-refractivity contribution in [2.75, 3.05) is 11.9 Å². The average molecular weight is 302 g/mol. The molecule has 0 bridgehead atoms. The molecular formula is C14H17F3N2O2. The molecule has 0 aliphatic heterocycles. The molecule has 1 aromatic rings. The Morgan fingerprint density at radius 3 is 2.71 bits per heavy atom. The van der Waals surface area contributed by atoms with Crippen LogP contribution in [0, 0.1) is 5.92 Å². The molecule has 1 atom stereocenters. The summed E-state index contributed by atoms with van der Waals surface area (Å²) in [7, 11) is 0. The van der Waals surface area contributed by atoms with E-state index < -0.39 is 23.9 Å². The Morgan fingerprint density at radius 1 is 1.38 bits per heavy atom. The van der Waals surface area contributed by atoms with Crippen molar-refractivity contribution in [2.24, 2.45) is 5.92 Å². The van der Waals surface area contributed by atoms with Gasteiger partial charge in [0.05, 0.1) is 11.7 Å². The van der Waals surface area contributed by atoms with Crippen LogP contribution in [0.25, 0.3) is 0 Å². The van der Waals surface area contributed by atoms with Gasteiger partial charge in [-0.15, -0.1) is 0 Å². The molecule has 1 aromatic carbocycles. The van der Waals surface area contributed by atoms with Crippen molar-refractivity contribution in [3.05, 3.63) is 29.8 Å². The molecule has 1 saturated carbocycles. The molecule has 7 heteroatoms. The van der Waals surface area contributed by atoms with Crippen molar-refractivity contribution in [1.29, 1.82) is 0 Å². The fraction of sp³-hybridized carbons (Fsp3) is 0.500. The van der Waals surface area contributed by atoms with E-state index in [-0.39, 0.29) is 12.2 Å². The maximum Gasteiger partial charge on any atom is 0.416 e. The van der Waals surface area contributed by atoms with Gasteiger partial charge in [-0.25, -0.2) is 4.79 Å². The summed E-state index contributed by atoms with van der Waals surface area (Å²) >= 11 is 0. The lowest BCUT2D eigenvalue weighted by atomic mass is 10.2. The standard InChI is InChI=1S/C14H17F3N2O2/c15-14(16,17)10-2-1-3-11(8-10)19-13(21)18-7-6-12(20)9-4-5-9/h1-3,8-9,12,20H,4-7H2,(H2,18,19,21)/t12-/m0/s1. The van der Waals surface area contributed by atoms with E-state index in [0.29, 0.717) is 12.3 Å². The maximum absolute atomic E-state index is 12.5. The number of hydrogen-bond donors (Lipinski definition) is 3. The summed E-state index contributed by atoms with van der Waals surface area (Å²) in [4.78, 5) is 11.6. The number of nitrogens with one attached hydrogen (secondary N) is 2. The van der Waals surface area contributed by atoms with E-state index in [0.717, 1.165) is 25.0 Å². The van der Waals surface area contributed by atoms with Gasteiger partial charge in [0.1, 0.15) is 0 Å². The van der Waals surface area contributed by atoms with Crippen LogP contribution in [0.3, 0.4) is 0 Å². The number of alkyl halides is 3. The number of aliphatic hydroxyl groups excluding tert-OH is 1. The second-order valence-corrected chi connectivity index (χ2v) is 5.15. The van der Waals surface area contributed by atoms with Crippen LogP contribution in [0.15, 0.2) is 24.3 Å². The molecule has 0 heterocycles. The minimum Gasteiger partial charge on any atom is -0.393 e. The summed E-state index contributed by atoms with van der Waals surface area (Å²) in [6.07, 6.45) is -2.39. The topological polar surface area (TPSA) is 61.4 Å². The van der Waals surface area contributed by atoms with E-state index in [1.165, 1.54) is 12.1 Å². The predicted octanol–water partition coefficient (Wildman–Crippen LogP) is 2.99. The summed E-state index contributed by atoms with van der Waals surface area (Å²) < 4.78 is 37.6. The highest BCUT2D eigenvalue weighted by molar-refractivity contribution is 5.89. The molecule has 0 unspecified atom stereocenters. The van der Waals surface area contributed by atoms with Crippen LogP contribution in [0.5, 0.6) is 0 Å². The van der Waals surface area contributed by atoms with Gasteiger partial charge in [0.15, 0.2) is 0 Å². The molecule has 1 fully saturated rings. The first kappa shape index (κ1) is 15.6. The van der Waals surface area contributed by atoms with Crippen molar-refractivity contribution in [1.82, 2.24) is 5.32 Å². The number of halogens is 3. The number of amides is 2. The van der Waals surface area contributed by atoms with E-state index in [1.807, 2.05) is 0 Å². The summed E-state index contributed by atoms with van der Waals surface area (Å²) in [5, 5.41) is 14.5. The third-order valence-electron chi connectivity index (χ3n) is 3.34. The number of anilines is 1. The normalized spacial score (nSPS) is 16.4. The minimum atomic E-state index is -4.44. The van der Waals surface area contributed by atoms with Crippen molar-refractivity contribution in [3.63, 3.8) is 0 Å². The van der Waals surface area contributed by atoms with Gasteiger partial charge in [0.2, 0.25) is 0 Å². The molecule has 0 saturated heterocycles. The molecule has 0 spiro atoms. The maximum atomic E-state index is 12.5. The molecule has 0 radical (unpaired) electrons. The third kappa shape index (κ3) is 4.93. The highest BCUT2D eigenvalue weighted by Gasteiger charge is 2.30. The molecule has 1 aliphatic rings. The van der Waals surface area contributed by atoms with E-state index >= 15 is 0 Å². The summed E-state index contributed by atoms with van der Waals surface area (Å²) in [5.74, 6) is 0.332. The van der Waals surface area contributed by atoms with Crippen molar-refractivity contribution < 1.29 is 23.1 Å². The molecule has 1 aliphatic carbocycles. The Morgan fingerprint density at radius 2 is 2.10 bits per heavy atom. The smallest absolute Gasteiger partial charge is 0.393 e. The fourth-order valence-corrected chi connectivity index (χ4v) is 2.00. The Kier molecular flexibility index (Phi) is 4.72. The first-order valence-corrected chi connectivity index (χ1v) is 6.76. The van der Waals surface area contributed by atoms with Crippen molar-refractivity contribution in [2.45, 2.75) is 31.5 Å². The van der Waals surface area contributed by atoms with Gasteiger partial charge in [-0.05, 0) is 43.4 Å². The van der Waals surface area contributed by atoms with Gasteiger partial charge in [-0.3, -0.25) is 0 Å². The van der Waals surface area contributed by atoms with Gasteiger partial charge in [-0.2, -0.15) is 13.2 Å². The summed E-state index contributed by atoms with van der Waals surface area (Å²) in [6, 6.07) is 3.84. The lowest BCUT2D eigenvalue weighted by Crippen LogP contribution is -2.31. The molecule has 0 aromatic heterocycles. The van der Waals surface area contributed by atoms with Gasteiger partial charge in [0.25, 0.3) is 0 Å². The van der Waals surface area contributed by atoms with Gasteiger partial charge in [-0.1, -0.05) is 6.07 Å². The van der Waals surface area contributed by atoms with Gasteiger partial charge >= 0.3 is 12.2 Å². The predicted molar refractivity (Wildman–Crippen MR) is 71.8 cm³/mol. The van der Waals surface area contributed by atoms with Crippen LogP contribution in [0.4, 0.5) is 23.7 Å². The zero-order chi connectivity index (χ0) is 15.5. The zero-order valence-corrected chi connectivity index (χ0v) is 11.3. The van der Waals surface area contributed by atoms with Crippen LogP contribution in [-0.2, 0) is 6.18 Å². The molecule has 2 rings (SSSR count). The Bertz CT molecular complexity index is 501. The number of aliphatic hydroxyl groups is 1. The van der Waals surface area contributed by atoms with E-state index in [9.17, 15) is 23.1 Å². The number of urea groups is 1. The highest BCUT2D eigenvalue weighted by Crippen LogP contribution is 2.33. The number of carbonyl (C=O) groups excluding carboxylic acids is 1. The average Bonchev–Trinajstić information content (AvgIpc) is 3.22. The molecule has 116 valence electrons. The molecule has 21 heavy (non-hydrogen) atoms. The molecule has 2 amide bonds. The molecule has 4 nitrogen and oxygen atoms in total. The monoisotopic (exact) mass is 302 g/mol. The third-order valence-corrected chi connectivity index (χ3v) is 3.34. The lowest BCUT2D eigenvalue weighted by molar-refractivity contribution is -0.137. The van der Waals surface area contributed by atoms with E-state index in [4.69, 9.17) is 0 Å². The van der Waals surface area contributed by atoms with Gasteiger partial charge in [0, 0.05) is 12.2 Å². The number of rotatable bonds is 5. The van der Waals surface area contributed by atoms with E-state index in [1.54, 1.807) is 0 Å². The zero-order valence-electron chi connectivity index (χ0n) is 11.3.